The Kier molecular flexibility index (Phi) is 4.28. The minimum Gasteiger partial charge on any atom is -0.344 e. The summed E-state index contributed by atoms with van der Waals surface area (Å²) >= 11 is 1.50. The average molecular weight is 331 g/mol. The molecule has 3 rings (SSSR count). The summed E-state index contributed by atoms with van der Waals surface area (Å²) in [6, 6.07) is 1.75. The topological polar surface area (TPSA) is 98.0 Å². The molecule has 0 aromatic carbocycles. The molecule has 9 heteroatoms. The Morgan fingerprint density at radius 2 is 2.13 bits per heavy atom. The molecule has 1 N–H and O–H groups in total. The number of fused-ring (bicyclic) bond motifs is 1. The predicted molar refractivity (Wildman–Crippen MR) is 85.3 cm³/mol. The van der Waals surface area contributed by atoms with Crippen molar-refractivity contribution >= 4 is 23.0 Å². The highest BCUT2D eigenvalue weighted by molar-refractivity contribution is 7.11. The van der Waals surface area contributed by atoms with E-state index in [1.54, 1.807) is 10.6 Å². The summed E-state index contributed by atoms with van der Waals surface area (Å²) in [6.07, 6.45) is 2.28. The maximum absolute atomic E-state index is 12.4. The monoisotopic (exact) mass is 331 g/mol. The molecule has 3 heterocycles. The molecule has 0 radical (unpaired) electrons. The fraction of sp³-hybridized carbons (Fsp3) is 0.429. The van der Waals surface area contributed by atoms with Gasteiger partial charge in [0.1, 0.15) is 22.0 Å². The Bertz CT molecular complexity index is 839. The molecule has 0 saturated carbocycles. The minimum absolute atomic E-state index is 0.198. The highest BCUT2D eigenvalue weighted by Gasteiger charge is 2.15. The van der Waals surface area contributed by atoms with E-state index in [9.17, 15) is 4.79 Å². The normalized spacial score (nSPS) is 11.3. The smallest absolute Gasteiger partial charge is 0.270 e. The van der Waals surface area contributed by atoms with Crippen molar-refractivity contribution in [3.63, 3.8) is 0 Å². The first-order valence-corrected chi connectivity index (χ1v) is 8.20. The number of amides is 1. The van der Waals surface area contributed by atoms with Crippen LogP contribution in [0.15, 0.2) is 12.4 Å². The van der Waals surface area contributed by atoms with Crippen LogP contribution in [0.1, 0.15) is 52.9 Å². The van der Waals surface area contributed by atoms with Crippen molar-refractivity contribution in [2.45, 2.75) is 39.7 Å². The number of hydrogen-bond donors (Lipinski definition) is 1. The lowest BCUT2D eigenvalue weighted by molar-refractivity contribution is 0.0945. The Morgan fingerprint density at radius 3 is 2.83 bits per heavy atom. The standard InChI is InChI=1S/C14H17N7OS/c1-4-11-19-20-12(23-11)6-15-13(22)9-5-10(8(2)3)21-14(18-9)16-7-17-21/h5,7-8H,4,6H2,1-3H3,(H,15,22). The van der Waals surface area contributed by atoms with Gasteiger partial charge in [-0.2, -0.15) is 10.1 Å². The van der Waals surface area contributed by atoms with Crippen LogP contribution in [0.4, 0.5) is 0 Å². The van der Waals surface area contributed by atoms with E-state index in [4.69, 9.17) is 0 Å². The number of nitrogens with zero attached hydrogens (tertiary/aromatic N) is 6. The first-order valence-electron chi connectivity index (χ1n) is 7.38. The molecule has 3 aromatic rings. The van der Waals surface area contributed by atoms with Gasteiger partial charge in [0, 0.05) is 0 Å². The van der Waals surface area contributed by atoms with Crippen molar-refractivity contribution in [2.24, 2.45) is 0 Å². The van der Waals surface area contributed by atoms with E-state index in [2.05, 4.69) is 30.6 Å². The lowest BCUT2D eigenvalue weighted by atomic mass is 10.1. The van der Waals surface area contributed by atoms with Crippen LogP contribution in [0.2, 0.25) is 0 Å². The zero-order chi connectivity index (χ0) is 16.4. The van der Waals surface area contributed by atoms with E-state index in [0.717, 1.165) is 22.1 Å². The number of aromatic nitrogens is 6. The van der Waals surface area contributed by atoms with Gasteiger partial charge in [-0.15, -0.1) is 10.2 Å². The molecule has 23 heavy (non-hydrogen) atoms. The van der Waals surface area contributed by atoms with Gasteiger partial charge in [-0.1, -0.05) is 32.1 Å². The summed E-state index contributed by atoms with van der Waals surface area (Å²) in [5.41, 5.74) is 1.22. The summed E-state index contributed by atoms with van der Waals surface area (Å²) in [5, 5.41) is 16.8. The second-order valence-electron chi connectivity index (χ2n) is 5.32. The van der Waals surface area contributed by atoms with E-state index >= 15 is 0 Å². The molecule has 0 aliphatic heterocycles. The molecule has 0 aliphatic carbocycles. The van der Waals surface area contributed by atoms with Gasteiger partial charge in [-0.25, -0.2) is 9.50 Å². The number of nitrogens with one attached hydrogen (secondary N) is 1. The Morgan fingerprint density at radius 1 is 1.35 bits per heavy atom. The summed E-state index contributed by atoms with van der Waals surface area (Å²) in [7, 11) is 0. The molecule has 0 spiro atoms. The molecule has 0 bridgehead atoms. The van der Waals surface area contributed by atoms with E-state index in [1.807, 2.05) is 20.8 Å². The average Bonchev–Trinajstić information content (AvgIpc) is 3.19. The third kappa shape index (κ3) is 3.19. The molecule has 0 saturated heterocycles. The third-order valence-electron chi connectivity index (χ3n) is 3.31. The second-order valence-corrected chi connectivity index (χ2v) is 6.47. The molecule has 120 valence electrons. The first kappa shape index (κ1) is 15.5. The first-order chi connectivity index (χ1) is 11.1. The Labute approximate surface area is 137 Å². The van der Waals surface area contributed by atoms with E-state index in [-0.39, 0.29) is 11.8 Å². The van der Waals surface area contributed by atoms with Crippen LogP contribution < -0.4 is 5.32 Å². The van der Waals surface area contributed by atoms with Crippen molar-refractivity contribution < 1.29 is 4.79 Å². The van der Waals surface area contributed by atoms with Crippen molar-refractivity contribution in [1.82, 2.24) is 35.1 Å². The Balaban J connectivity index is 1.80. The largest absolute Gasteiger partial charge is 0.344 e. The van der Waals surface area contributed by atoms with Crippen molar-refractivity contribution in [3.8, 4) is 0 Å². The fourth-order valence-electron chi connectivity index (χ4n) is 2.11. The highest BCUT2D eigenvalue weighted by atomic mass is 32.1. The molecule has 0 fully saturated rings. The number of rotatable bonds is 5. The lowest BCUT2D eigenvalue weighted by Crippen LogP contribution is -2.24. The molecule has 1 amide bonds. The van der Waals surface area contributed by atoms with Crippen LogP contribution in [-0.2, 0) is 13.0 Å². The highest BCUT2D eigenvalue weighted by Crippen LogP contribution is 2.16. The van der Waals surface area contributed by atoms with Gasteiger partial charge >= 0.3 is 0 Å². The molecule has 3 aromatic heterocycles. The Hall–Kier alpha value is -2.42. The van der Waals surface area contributed by atoms with Crippen molar-refractivity contribution in [2.75, 3.05) is 0 Å². The van der Waals surface area contributed by atoms with Crippen LogP contribution in [0.5, 0.6) is 0 Å². The molecule has 0 aliphatic rings. The minimum atomic E-state index is -0.259. The van der Waals surface area contributed by atoms with E-state index < -0.39 is 0 Å². The maximum Gasteiger partial charge on any atom is 0.270 e. The molecular weight excluding hydrogens is 314 g/mol. The van der Waals surface area contributed by atoms with E-state index in [0.29, 0.717) is 18.0 Å². The fourth-order valence-corrected chi connectivity index (χ4v) is 2.84. The summed E-state index contributed by atoms with van der Waals surface area (Å²) in [6.45, 7) is 6.43. The predicted octanol–water partition coefficient (Wildman–Crippen LogP) is 1.59. The van der Waals surface area contributed by atoms with Crippen molar-refractivity contribution in [1.29, 1.82) is 0 Å². The summed E-state index contributed by atoms with van der Waals surface area (Å²) in [4.78, 5) is 20.7. The van der Waals surface area contributed by atoms with Crippen LogP contribution in [-0.4, -0.2) is 35.7 Å². The quantitative estimate of drug-likeness (QED) is 0.762. The maximum atomic E-state index is 12.4. The second kappa shape index (κ2) is 6.37. The summed E-state index contributed by atoms with van der Waals surface area (Å²) in [5.74, 6) is 0.361. The number of carbonyl (C=O) groups is 1. The van der Waals surface area contributed by atoms with Crippen LogP contribution >= 0.6 is 11.3 Å². The molecular formula is C14H17N7OS. The zero-order valence-electron chi connectivity index (χ0n) is 13.1. The van der Waals surface area contributed by atoms with Gasteiger partial charge in [-0.3, -0.25) is 4.79 Å². The number of carbonyl (C=O) groups excluding carboxylic acids is 1. The van der Waals surface area contributed by atoms with Gasteiger partial charge in [0.25, 0.3) is 11.7 Å². The number of aryl methyl sites for hydroxylation is 1. The van der Waals surface area contributed by atoms with Gasteiger partial charge in [-0.05, 0) is 18.4 Å². The van der Waals surface area contributed by atoms with E-state index in [1.165, 1.54) is 17.7 Å². The molecule has 8 nitrogen and oxygen atoms in total. The zero-order valence-corrected chi connectivity index (χ0v) is 14.0. The lowest BCUT2D eigenvalue weighted by Gasteiger charge is -2.09. The summed E-state index contributed by atoms with van der Waals surface area (Å²) < 4.78 is 1.65. The van der Waals surface area contributed by atoms with Gasteiger partial charge in [0.05, 0.1) is 12.2 Å². The van der Waals surface area contributed by atoms with Crippen LogP contribution in [0.3, 0.4) is 0 Å². The molecule has 0 unspecified atom stereocenters. The van der Waals surface area contributed by atoms with Gasteiger partial charge in [0.15, 0.2) is 0 Å². The third-order valence-corrected chi connectivity index (χ3v) is 4.38. The SMILES string of the molecule is CCc1nnc(CNC(=O)c2cc(C(C)C)n3ncnc3n2)s1. The molecule has 0 atom stereocenters. The van der Waals surface area contributed by atoms with Crippen LogP contribution in [0, 0.1) is 0 Å². The van der Waals surface area contributed by atoms with Gasteiger partial charge < -0.3 is 5.32 Å². The van der Waals surface area contributed by atoms with Gasteiger partial charge in [0.2, 0.25) is 0 Å². The number of hydrogen-bond acceptors (Lipinski definition) is 7. The van der Waals surface area contributed by atoms with Crippen molar-refractivity contribution in [3.05, 3.63) is 33.8 Å². The van der Waals surface area contributed by atoms with Crippen LogP contribution in [0.25, 0.3) is 5.78 Å².